The zero-order valence-corrected chi connectivity index (χ0v) is 20.6. The SMILES string of the molecule is Cc1ncc(-c2ccnc(NC(=O)N3c4nc(C(=O)C[C@H](C)C(F)(F)F)c(Cl)cc4N4CC[C@H]3C4)c2)o1. The number of nitrogens with one attached hydrogen (secondary N) is 1. The van der Waals surface area contributed by atoms with Crippen molar-refractivity contribution in [1.29, 1.82) is 0 Å². The predicted octanol–water partition coefficient (Wildman–Crippen LogP) is 5.50. The van der Waals surface area contributed by atoms with E-state index in [0.29, 0.717) is 42.4 Å². The number of fused-ring (bicyclic) bond motifs is 4. The normalized spacial score (nSPS) is 17.5. The molecule has 1 fully saturated rings. The molecule has 3 aromatic rings. The summed E-state index contributed by atoms with van der Waals surface area (Å²) in [7, 11) is 0. The van der Waals surface area contributed by atoms with E-state index < -0.39 is 30.3 Å². The van der Waals surface area contributed by atoms with Crippen LogP contribution in [0, 0.1) is 12.8 Å². The Hall–Kier alpha value is -3.67. The maximum Gasteiger partial charge on any atom is 0.391 e. The molecule has 2 bridgehead atoms. The quantitative estimate of drug-likeness (QED) is 0.431. The third-order valence-electron chi connectivity index (χ3n) is 6.47. The average molecular weight is 535 g/mol. The number of amides is 2. The number of carbonyl (C=O) groups is 2. The molecule has 5 heterocycles. The smallest absolute Gasteiger partial charge is 0.391 e. The van der Waals surface area contributed by atoms with Gasteiger partial charge in [-0.05, 0) is 24.6 Å². The van der Waals surface area contributed by atoms with E-state index in [2.05, 4.69) is 20.3 Å². The molecule has 2 aliphatic rings. The van der Waals surface area contributed by atoms with Crippen LogP contribution in [-0.2, 0) is 0 Å². The van der Waals surface area contributed by atoms with Crippen molar-refractivity contribution in [3.8, 4) is 11.3 Å². The summed E-state index contributed by atoms with van der Waals surface area (Å²) in [5.41, 5.74) is 0.902. The molecule has 37 heavy (non-hydrogen) atoms. The molecular formula is C24H22ClF3N6O3. The minimum absolute atomic E-state index is 0.0550. The molecule has 0 radical (unpaired) electrons. The van der Waals surface area contributed by atoms with Gasteiger partial charge in [0.2, 0.25) is 0 Å². The lowest BCUT2D eigenvalue weighted by atomic mass is 10.0. The number of carbonyl (C=O) groups excluding carboxylic acids is 2. The van der Waals surface area contributed by atoms with Gasteiger partial charge in [0.25, 0.3) is 0 Å². The van der Waals surface area contributed by atoms with Gasteiger partial charge in [-0.2, -0.15) is 13.2 Å². The van der Waals surface area contributed by atoms with Crippen molar-refractivity contribution in [3.63, 3.8) is 0 Å². The summed E-state index contributed by atoms with van der Waals surface area (Å²) in [6.45, 7) is 3.81. The van der Waals surface area contributed by atoms with Crippen LogP contribution in [0.3, 0.4) is 0 Å². The number of oxazole rings is 1. The summed E-state index contributed by atoms with van der Waals surface area (Å²) < 4.78 is 44.6. The maximum absolute atomic E-state index is 13.5. The van der Waals surface area contributed by atoms with Crippen LogP contribution in [0.15, 0.2) is 35.0 Å². The zero-order chi connectivity index (χ0) is 26.5. The highest BCUT2D eigenvalue weighted by molar-refractivity contribution is 6.34. The van der Waals surface area contributed by atoms with Crippen molar-refractivity contribution in [2.45, 2.75) is 38.9 Å². The van der Waals surface area contributed by atoms with E-state index in [-0.39, 0.29) is 28.4 Å². The second-order valence-electron chi connectivity index (χ2n) is 9.09. The summed E-state index contributed by atoms with van der Waals surface area (Å²) in [5, 5.41) is 2.70. The van der Waals surface area contributed by atoms with Gasteiger partial charge >= 0.3 is 12.2 Å². The van der Waals surface area contributed by atoms with Crippen molar-refractivity contribution < 1.29 is 27.2 Å². The van der Waals surface area contributed by atoms with Gasteiger partial charge in [-0.25, -0.2) is 19.7 Å². The Morgan fingerprint density at radius 2 is 2.08 bits per heavy atom. The van der Waals surface area contributed by atoms with Gasteiger partial charge in [-0.1, -0.05) is 18.5 Å². The average Bonchev–Trinajstić information content (AvgIpc) is 3.46. The number of aromatic nitrogens is 3. The fourth-order valence-corrected chi connectivity index (χ4v) is 4.74. The van der Waals surface area contributed by atoms with Gasteiger partial charge in [0.1, 0.15) is 11.5 Å². The highest BCUT2D eigenvalue weighted by atomic mass is 35.5. The van der Waals surface area contributed by atoms with E-state index in [1.54, 1.807) is 25.3 Å². The van der Waals surface area contributed by atoms with Crippen molar-refractivity contribution in [1.82, 2.24) is 15.0 Å². The Balaban J connectivity index is 1.44. The minimum atomic E-state index is -4.53. The Morgan fingerprint density at radius 1 is 1.30 bits per heavy atom. The van der Waals surface area contributed by atoms with Crippen LogP contribution in [0.5, 0.6) is 0 Å². The van der Waals surface area contributed by atoms with Gasteiger partial charge in [-0.3, -0.25) is 15.0 Å². The molecule has 5 rings (SSSR count). The molecule has 13 heteroatoms. The lowest BCUT2D eigenvalue weighted by molar-refractivity contribution is -0.168. The van der Waals surface area contributed by atoms with E-state index in [9.17, 15) is 22.8 Å². The molecule has 1 N–H and O–H groups in total. The van der Waals surface area contributed by atoms with E-state index >= 15 is 0 Å². The molecule has 1 saturated heterocycles. The molecule has 9 nitrogen and oxygen atoms in total. The van der Waals surface area contributed by atoms with Crippen molar-refractivity contribution >= 4 is 40.7 Å². The summed E-state index contributed by atoms with van der Waals surface area (Å²) in [6, 6.07) is 4.04. The minimum Gasteiger partial charge on any atom is -0.441 e. The Morgan fingerprint density at radius 3 is 2.78 bits per heavy atom. The number of alkyl halides is 3. The number of anilines is 3. The number of nitrogens with zero attached hydrogens (tertiary/aromatic N) is 5. The second kappa shape index (κ2) is 9.33. The molecule has 2 amide bonds. The van der Waals surface area contributed by atoms with Crippen molar-refractivity contribution in [2.24, 2.45) is 5.92 Å². The van der Waals surface area contributed by atoms with Crippen LogP contribution in [0.2, 0.25) is 5.02 Å². The van der Waals surface area contributed by atoms with E-state index in [1.807, 2.05) is 4.90 Å². The van der Waals surface area contributed by atoms with Gasteiger partial charge in [0.15, 0.2) is 23.3 Å². The summed E-state index contributed by atoms with van der Waals surface area (Å²) in [4.78, 5) is 42.2. The molecule has 3 aromatic heterocycles. The monoisotopic (exact) mass is 534 g/mol. The number of Topliss-reactive ketones (excluding diaryl/α,β-unsaturated/α-hetero) is 1. The third-order valence-corrected chi connectivity index (χ3v) is 6.76. The van der Waals surface area contributed by atoms with Crippen LogP contribution in [0.25, 0.3) is 11.3 Å². The first-order valence-corrected chi connectivity index (χ1v) is 11.9. The highest BCUT2D eigenvalue weighted by Gasteiger charge is 2.42. The second-order valence-corrected chi connectivity index (χ2v) is 9.50. The number of halogens is 4. The highest BCUT2D eigenvalue weighted by Crippen LogP contribution is 2.42. The predicted molar refractivity (Wildman–Crippen MR) is 130 cm³/mol. The Labute approximate surface area is 214 Å². The molecule has 0 aromatic carbocycles. The summed E-state index contributed by atoms with van der Waals surface area (Å²) in [6.07, 6.45) is -1.61. The van der Waals surface area contributed by atoms with Crippen LogP contribution in [-0.4, -0.2) is 52.1 Å². The number of ketones is 1. The van der Waals surface area contributed by atoms with Gasteiger partial charge in [0.05, 0.1) is 28.9 Å². The van der Waals surface area contributed by atoms with E-state index in [1.165, 1.54) is 17.2 Å². The van der Waals surface area contributed by atoms with E-state index in [4.69, 9.17) is 16.0 Å². The van der Waals surface area contributed by atoms with Crippen LogP contribution >= 0.6 is 11.6 Å². The first kappa shape index (κ1) is 25.0. The zero-order valence-electron chi connectivity index (χ0n) is 19.8. The fraction of sp³-hybridized carbons (Fsp3) is 0.375. The topological polar surface area (TPSA) is 104 Å². The lowest BCUT2D eigenvalue weighted by Gasteiger charge is -2.36. The summed E-state index contributed by atoms with van der Waals surface area (Å²) in [5.74, 6) is -1.28. The van der Waals surface area contributed by atoms with Crippen molar-refractivity contribution in [3.05, 3.63) is 47.2 Å². The van der Waals surface area contributed by atoms with Gasteiger partial charge in [0, 0.05) is 38.2 Å². The molecule has 0 saturated carbocycles. The van der Waals surface area contributed by atoms with Crippen molar-refractivity contribution in [2.75, 3.05) is 28.2 Å². The van der Waals surface area contributed by atoms with Crippen LogP contribution in [0.4, 0.5) is 35.3 Å². The number of hydrogen-bond donors (Lipinski definition) is 1. The maximum atomic E-state index is 13.5. The van der Waals surface area contributed by atoms with Gasteiger partial charge in [-0.15, -0.1) is 0 Å². The summed E-state index contributed by atoms with van der Waals surface area (Å²) >= 11 is 6.29. The third kappa shape index (κ3) is 4.85. The van der Waals surface area contributed by atoms with Crippen LogP contribution < -0.4 is 15.1 Å². The molecule has 2 aliphatic heterocycles. The van der Waals surface area contributed by atoms with E-state index in [0.717, 1.165) is 6.92 Å². The number of urea groups is 1. The Kier molecular flexibility index (Phi) is 6.30. The fourth-order valence-electron chi connectivity index (χ4n) is 4.49. The number of rotatable bonds is 5. The first-order valence-electron chi connectivity index (χ1n) is 11.6. The van der Waals surface area contributed by atoms with Crippen LogP contribution in [0.1, 0.15) is 36.1 Å². The lowest BCUT2D eigenvalue weighted by Crippen LogP contribution is -2.48. The molecule has 194 valence electrons. The molecular weight excluding hydrogens is 513 g/mol. The van der Waals surface area contributed by atoms with Gasteiger partial charge < -0.3 is 9.32 Å². The largest absolute Gasteiger partial charge is 0.441 e. The number of pyridine rings is 2. The molecule has 0 spiro atoms. The number of aryl methyl sites for hydroxylation is 1. The molecule has 0 unspecified atom stereocenters. The molecule has 0 aliphatic carbocycles. The Bertz CT molecular complexity index is 1380. The standard InChI is InChI=1S/C24H22ClF3N6O3/c1-12(24(26,27)28)7-18(35)21-16(25)9-17-22(32-21)34(15-4-6-33(17)11-15)23(36)31-20-8-14(3-5-29-20)19-10-30-13(2)37-19/h3,5,8-10,12,15H,4,6-7,11H2,1-2H3,(H,29,31,36)/t12-,15-/m0/s1. The first-order chi connectivity index (χ1) is 17.5. The number of hydrogen-bond acceptors (Lipinski definition) is 7. The molecule has 2 atom stereocenters.